The van der Waals surface area contributed by atoms with Crippen LogP contribution in [0.3, 0.4) is 0 Å². The lowest BCUT2D eigenvalue weighted by molar-refractivity contribution is 0.569. The van der Waals surface area contributed by atoms with Gasteiger partial charge in [-0.3, -0.25) is 9.48 Å². The lowest BCUT2D eigenvalue weighted by Gasteiger charge is -2.06. The summed E-state index contributed by atoms with van der Waals surface area (Å²) in [6.45, 7) is 1.47. The molecule has 0 saturated heterocycles. The fourth-order valence-electron chi connectivity index (χ4n) is 1.31. The molecule has 0 aliphatic carbocycles. The van der Waals surface area contributed by atoms with Gasteiger partial charge < -0.3 is 10.3 Å². The maximum absolute atomic E-state index is 11.3. The SMILES string of the molecule is O=c1[nH]cnc(NCCCn2ccnn2)c1Br. The van der Waals surface area contributed by atoms with Crippen molar-refractivity contribution in [3.63, 3.8) is 0 Å². The second kappa shape index (κ2) is 5.58. The van der Waals surface area contributed by atoms with Gasteiger partial charge in [0.25, 0.3) is 5.56 Å². The number of H-pyrrole nitrogens is 1. The van der Waals surface area contributed by atoms with Crippen molar-refractivity contribution in [2.45, 2.75) is 13.0 Å². The number of anilines is 1. The van der Waals surface area contributed by atoms with Gasteiger partial charge in [-0.25, -0.2) is 4.98 Å². The molecule has 0 radical (unpaired) electrons. The van der Waals surface area contributed by atoms with Crippen molar-refractivity contribution < 1.29 is 0 Å². The normalized spacial score (nSPS) is 10.4. The maximum atomic E-state index is 11.3. The molecule has 2 aromatic rings. The number of nitrogens with zero attached hydrogens (tertiary/aromatic N) is 4. The van der Waals surface area contributed by atoms with Gasteiger partial charge in [0.1, 0.15) is 10.3 Å². The summed E-state index contributed by atoms with van der Waals surface area (Å²) in [5.74, 6) is 0.548. The zero-order valence-corrected chi connectivity index (χ0v) is 10.5. The van der Waals surface area contributed by atoms with Gasteiger partial charge in [0.2, 0.25) is 0 Å². The first-order chi connectivity index (χ1) is 8.27. The van der Waals surface area contributed by atoms with Crippen molar-refractivity contribution >= 4 is 21.7 Å². The van der Waals surface area contributed by atoms with Crippen LogP contribution >= 0.6 is 15.9 Å². The third-order valence-corrected chi connectivity index (χ3v) is 2.86. The van der Waals surface area contributed by atoms with Crippen molar-refractivity contribution in [1.29, 1.82) is 0 Å². The van der Waals surface area contributed by atoms with E-state index in [1.807, 2.05) is 0 Å². The quantitative estimate of drug-likeness (QED) is 0.790. The number of rotatable bonds is 5. The minimum atomic E-state index is -0.196. The molecule has 17 heavy (non-hydrogen) atoms. The monoisotopic (exact) mass is 298 g/mol. The Morgan fingerprint density at radius 3 is 3.18 bits per heavy atom. The minimum Gasteiger partial charge on any atom is -0.369 e. The molecule has 2 N–H and O–H groups in total. The number of nitrogens with one attached hydrogen (secondary N) is 2. The average Bonchev–Trinajstić information content (AvgIpc) is 2.83. The van der Waals surface area contributed by atoms with Crippen molar-refractivity contribution in [2.24, 2.45) is 0 Å². The molecular weight excluding hydrogens is 288 g/mol. The van der Waals surface area contributed by atoms with Crippen LogP contribution in [0.2, 0.25) is 0 Å². The Kier molecular flexibility index (Phi) is 3.86. The van der Waals surface area contributed by atoms with Gasteiger partial charge in [-0.05, 0) is 22.4 Å². The van der Waals surface area contributed by atoms with E-state index in [1.165, 1.54) is 6.33 Å². The Labute approximate surface area is 105 Å². The van der Waals surface area contributed by atoms with Gasteiger partial charge in [0, 0.05) is 19.3 Å². The highest BCUT2D eigenvalue weighted by Gasteiger charge is 2.03. The first kappa shape index (κ1) is 11.8. The number of aromatic nitrogens is 5. The molecule has 0 unspecified atom stereocenters. The molecule has 0 amide bonds. The number of aromatic amines is 1. The van der Waals surface area contributed by atoms with E-state index >= 15 is 0 Å². The minimum absolute atomic E-state index is 0.196. The second-order valence-electron chi connectivity index (χ2n) is 3.34. The third-order valence-electron chi connectivity index (χ3n) is 2.12. The van der Waals surface area contributed by atoms with Crippen molar-refractivity contribution in [2.75, 3.05) is 11.9 Å². The van der Waals surface area contributed by atoms with Gasteiger partial charge >= 0.3 is 0 Å². The molecule has 0 atom stereocenters. The standard InChI is InChI=1S/C9H11BrN6O/c10-7-8(12-6-13-9(7)17)11-2-1-4-16-5-3-14-15-16/h3,5-6H,1-2,4H2,(H2,11,12,13,17). The largest absolute Gasteiger partial charge is 0.369 e. The second-order valence-corrected chi connectivity index (χ2v) is 4.13. The van der Waals surface area contributed by atoms with Crippen LogP contribution in [0.15, 0.2) is 28.0 Å². The van der Waals surface area contributed by atoms with Crippen molar-refractivity contribution in [1.82, 2.24) is 25.0 Å². The van der Waals surface area contributed by atoms with E-state index in [0.29, 0.717) is 16.8 Å². The number of hydrogen-bond donors (Lipinski definition) is 2. The molecular formula is C9H11BrN6O. The summed E-state index contributed by atoms with van der Waals surface area (Å²) in [6, 6.07) is 0. The van der Waals surface area contributed by atoms with E-state index in [1.54, 1.807) is 17.1 Å². The number of halogens is 1. The van der Waals surface area contributed by atoms with Gasteiger partial charge in [-0.1, -0.05) is 5.21 Å². The highest BCUT2D eigenvalue weighted by Crippen LogP contribution is 2.12. The first-order valence-electron chi connectivity index (χ1n) is 5.08. The highest BCUT2D eigenvalue weighted by molar-refractivity contribution is 9.10. The summed E-state index contributed by atoms with van der Waals surface area (Å²) in [4.78, 5) is 17.8. The molecule has 0 aliphatic rings. The smallest absolute Gasteiger partial charge is 0.267 e. The summed E-state index contributed by atoms with van der Waals surface area (Å²) in [6.07, 6.45) is 5.68. The molecule has 90 valence electrons. The Hall–Kier alpha value is -1.70. The Balaban J connectivity index is 1.82. The van der Waals surface area contributed by atoms with E-state index < -0.39 is 0 Å². The van der Waals surface area contributed by atoms with E-state index in [-0.39, 0.29) is 5.56 Å². The summed E-state index contributed by atoms with van der Waals surface area (Å²) >= 11 is 3.17. The Morgan fingerprint density at radius 1 is 1.53 bits per heavy atom. The molecule has 8 heteroatoms. The molecule has 7 nitrogen and oxygen atoms in total. The van der Waals surface area contributed by atoms with E-state index in [2.05, 4.69) is 41.5 Å². The predicted molar refractivity (Wildman–Crippen MR) is 65.7 cm³/mol. The highest BCUT2D eigenvalue weighted by atomic mass is 79.9. The summed E-state index contributed by atoms with van der Waals surface area (Å²) in [5.41, 5.74) is -0.196. The first-order valence-corrected chi connectivity index (χ1v) is 5.88. The average molecular weight is 299 g/mol. The molecule has 2 aromatic heterocycles. The molecule has 0 saturated carbocycles. The maximum Gasteiger partial charge on any atom is 0.267 e. The van der Waals surface area contributed by atoms with Crippen molar-refractivity contribution in [3.05, 3.63) is 33.5 Å². The summed E-state index contributed by atoms with van der Waals surface area (Å²) in [5, 5.41) is 10.6. The van der Waals surface area contributed by atoms with Gasteiger partial charge in [-0.2, -0.15) is 0 Å². The molecule has 0 spiro atoms. The predicted octanol–water partition coefficient (Wildman–Crippen LogP) is 0.626. The van der Waals surface area contributed by atoms with E-state index in [9.17, 15) is 4.79 Å². The number of aryl methyl sites for hydroxylation is 1. The van der Waals surface area contributed by atoms with Crippen LogP contribution < -0.4 is 10.9 Å². The van der Waals surface area contributed by atoms with Crippen LogP contribution in [0.5, 0.6) is 0 Å². The molecule has 0 fully saturated rings. The third kappa shape index (κ3) is 3.13. The lowest BCUT2D eigenvalue weighted by atomic mass is 10.4. The van der Waals surface area contributed by atoms with Gasteiger partial charge in [0.05, 0.1) is 12.5 Å². The Bertz CT molecular complexity index is 523. The van der Waals surface area contributed by atoms with Crippen LogP contribution in [-0.4, -0.2) is 31.5 Å². The zero-order valence-electron chi connectivity index (χ0n) is 8.93. The Morgan fingerprint density at radius 2 is 2.41 bits per heavy atom. The zero-order chi connectivity index (χ0) is 12.1. The van der Waals surface area contributed by atoms with Gasteiger partial charge in [-0.15, -0.1) is 5.10 Å². The topological polar surface area (TPSA) is 88.5 Å². The van der Waals surface area contributed by atoms with E-state index in [4.69, 9.17) is 0 Å². The number of hydrogen-bond acceptors (Lipinski definition) is 5. The van der Waals surface area contributed by atoms with Crippen LogP contribution in [0.1, 0.15) is 6.42 Å². The fourth-order valence-corrected chi connectivity index (χ4v) is 1.66. The molecule has 2 heterocycles. The summed E-state index contributed by atoms with van der Waals surface area (Å²) < 4.78 is 2.17. The molecule has 0 aromatic carbocycles. The van der Waals surface area contributed by atoms with Crippen LogP contribution in [-0.2, 0) is 6.54 Å². The fraction of sp³-hybridized carbons (Fsp3) is 0.333. The van der Waals surface area contributed by atoms with Crippen LogP contribution in [0.25, 0.3) is 0 Å². The van der Waals surface area contributed by atoms with Gasteiger partial charge in [0.15, 0.2) is 0 Å². The lowest BCUT2D eigenvalue weighted by Crippen LogP contribution is -2.14. The van der Waals surface area contributed by atoms with Crippen LogP contribution in [0, 0.1) is 0 Å². The van der Waals surface area contributed by atoms with Crippen LogP contribution in [0.4, 0.5) is 5.82 Å². The molecule has 0 bridgehead atoms. The van der Waals surface area contributed by atoms with Crippen molar-refractivity contribution in [3.8, 4) is 0 Å². The van der Waals surface area contributed by atoms with E-state index in [0.717, 1.165) is 13.0 Å². The summed E-state index contributed by atoms with van der Waals surface area (Å²) in [7, 11) is 0. The molecule has 2 rings (SSSR count). The molecule has 0 aliphatic heterocycles.